The summed E-state index contributed by atoms with van der Waals surface area (Å²) in [5.74, 6) is 0. The third-order valence-electron chi connectivity index (χ3n) is 2.66. The summed E-state index contributed by atoms with van der Waals surface area (Å²) in [7, 11) is 5.92. The van der Waals surface area contributed by atoms with E-state index in [1.54, 1.807) is 7.11 Å². The Morgan fingerprint density at radius 2 is 1.88 bits per heavy atom. The quantitative estimate of drug-likeness (QED) is 0.782. The fourth-order valence-corrected chi connectivity index (χ4v) is 1.82. The smallest absolute Gasteiger partial charge is 0.0613 e. The molecule has 0 heterocycles. The highest BCUT2D eigenvalue weighted by Gasteiger charge is 2.05. The SMILES string of the molecule is COCC(C)NCc1ccccc1CN(C)C. The van der Waals surface area contributed by atoms with Gasteiger partial charge in [0.15, 0.2) is 0 Å². The predicted octanol–water partition coefficient (Wildman–Crippen LogP) is 1.87. The molecule has 17 heavy (non-hydrogen) atoms. The van der Waals surface area contributed by atoms with Crippen LogP contribution in [0.25, 0.3) is 0 Å². The van der Waals surface area contributed by atoms with E-state index in [9.17, 15) is 0 Å². The second-order valence-corrected chi connectivity index (χ2v) is 4.74. The maximum atomic E-state index is 5.12. The zero-order valence-corrected chi connectivity index (χ0v) is 11.4. The van der Waals surface area contributed by atoms with Gasteiger partial charge in [-0.2, -0.15) is 0 Å². The molecular formula is C14H24N2O. The Bertz CT molecular complexity index is 326. The van der Waals surface area contributed by atoms with E-state index < -0.39 is 0 Å². The molecule has 3 nitrogen and oxygen atoms in total. The molecule has 0 bridgehead atoms. The highest BCUT2D eigenvalue weighted by Crippen LogP contribution is 2.10. The van der Waals surface area contributed by atoms with Crippen molar-refractivity contribution in [3.05, 3.63) is 35.4 Å². The van der Waals surface area contributed by atoms with E-state index in [4.69, 9.17) is 4.74 Å². The second-order valence-electron chi connectivity index (χ2n) is 4.74. The van der Waals surface area contributed by atoms with Gasteiger partial charge in [-0.3, -0.25) is 0 Å². The number of hydrogen-bond acceptors (Lipinski definition) is 3. The third-order valence-corrected chi connectivity index (χ3v) is 2.66. The maximum absolute atomic E-state index is 5.12. The molecule has 1 aromatic rings. The van der Waals surface area contributed by atoms with Gasteiger partial charge in [0.05, 0.1) is 6.61 Å². The van der Waals surface area contributed by atoms with Crippen molar-refractivity contribution in [1.82, 2.24) is 10.2 Å². The highest BCUT2D eigenvalue weighted by molar-refractivity contribution is 5.26. The van der Waals surface area contributed by atoms with Gasteiger partial charge in [-0.05, 0) is 32.1 Å². The van der Waals surface area contributed by atoms with Crippen LogP contribution in [0.1, 0.15) is 18.1 Å². The zero-order chi connectivity index (χ0) is 12.7. The van der Waals surface area contributed by atoms with Crippen molar-refractivity contribution < 1.29 is 4.74 Å². The highest BCUT2D eigenvalue weighted by atomic mass is 16.5. The molecule has 96 valence electrons. The van der Waals surface area contributed by atoms with E-state index in [0.29, 0.717) is 6.04 Å². The Morgan fingerprint density at radius 1 is 1.24 bits per heavy atom. The third kappa shape index (κ3) is 5.31. The van der Waals surface area contributed by atoms with Gasteiger partial charge in [0.25, 0.3) is 0 Å². The van der Waals surface area contributed by atoms with E-state index in [-0.39, 0.29) is 0 Å². The van der Waals surface area contributed by atoms with E-state index in [0.717, 1.165) is 19.7 Å². The summed E-state index contributed by atoms with van der Waals surface area (Å²) in [6.07, 6.45) is 0. The Morgan fingerprint density at radius 3 is 2.47 bits per heavy atom. The number of ether oxygens (including phenoxy) is 1. The van der Waals surface area contributed by atoms with Crippen LogP contribution in [0.3, 0.4) is 0 Å². The van der Waals surface area contributed by atoms with Gasteiger partial charge in [0.2, 0.25) is 0 Å². The van der Waals surface area contributed by atoms with Gasteiger partial charge in [0.1, 0.15) is 0 Å². The molecule has 0 saturated carbocycles. The molecule has 1 aromatic carbocycles. The molecular weight excluding hydrogens is 212 g/mol. The first-order valence-corrected chi connectivity index (χ1v) is 6.07. The number of methoxy groups -OCH3 is 1. The first kappa shape index (κ1) is 14.2. The number of benzene rings is 1. The summed E-state index contributed by atoms with van der Waals surface area (Å²) in [6.45, 7) is 4.76. The summed E-state index contributed by atoms with van der Waals surface area (Å²) in [6, 6.07) is 8.95. The minimum Gasteiger partial charge on any atom is -0.383 e. The van der Waals surface area contributed by atoms with Crippen LogP contribution >= 0.6 is 0 Å². The molecule has 1 rings (SSSR count). The van der Waals surface area contributed by atoms with Crippen molar-refractivity contribution >= 4 is 0 Å². The molecule has 3 heteroatoms. The lowest BCUT2D eigenvalue weighted by Crippen LogP contribution is -2.30. The van der Waals surface area contributed by atoms with Gasteiger partial charge in [-0.1, -0.05) is 24.3 Å². The van der Waals surface area contributed by atoms with E-state index in [2.05, 4.69) is 55.5 Å². The van der Waals surface area contributed by atoms with Crippen LogP contribution in [-0.2, 0) is 17.8 Å². The van der Waals surface area contributed by atoms with Crippen LogP contribution in [0.15, 0.2) is 24.3 Å². The molecule has 0 amide bonds. The maximum Gasteiger partial charge on any atom is 0.0613 e. The Balaban J connectivity index is 2.57. The Labute approximate surface area is 105 Å². The van der Waals surface area contributed by atoms with Crippen molar-refractivity contribution in [2.45, 2.75) is 26.1 Å². The molecule has 0 aliphatic carbocycles. The van der Waals surface area contributed by atoms with Crippen molar-refractivity contribution in [3.63, 3.8) is 0 Å². The first-order valence-electron chi connectivity index (χ1n) is 6.07. The molecule has 0 aliphatic rings. The monoisotopic (exact) mass is 236 g/mol. The second kappa shape index (κ2) is 7.43. The summed E-state index contributed by atoms with van der Waals surface area (Å²) in [5, 5.41) is 3.47. The molecule has 0 aromatic heterocycles. The Kier molecular flexibility index (Phi) is 6.19. The van der Waals surface area contributed by atoms with Crippen molar-refractivity contribution in [3.8, 4) is 0 Å². The number of nitrogens with zero attached hydrogens (tertiary/aromatic N) is 1. The lowest BCUT2D eigenvalue weighted by Gasteiger charge is -2.17. The van der Waals surface area contributed by atoms with Crippen LogP contribution in [0.4, 0.5) is 0 Å². The average Bonchev–Trinajstić information content (AvgIpc) is 2.27. The minimum atomic E-state index is 0.382. The number of nitrogens with one attached hydrogen (secondary N) is 1. The first-order chi connectivity index (χ1) is 8.13. The molecule has 1 atom stereocenters. The fourth-order valence-electron chi connectivity index (χ4n) is 1.82. The average molecular weight is 236 g/mol. The molecule has 1 unspecified atom stereocenters. The minimum absolute atomic E-state index is 0.382. The lowest BCUT2D eigenvalue weighted by atomic mass is 10.1. The lowest BCUT2D eigenvalue weighted by molar-refractivity contribution is 0.171. The largest absolute Gasteiger partial charge is 0.383 e. The van der Waals surface area contributed by atoms with Crippen LogP contribution in [0.5, 0.6) is 0 Å². The van der Waals surface area contributed by atoms with E-state index in [1.807, 2.05) is 0 Å². The van der Waals surface area contributed by atoms with Gasteiger partial charge >= 0.3 is 0 Å². The van der Waals surface area contributed by atoms with Crippen molar-refractivity contribution in [1.29, 1.82) is 0 Å². The predicted molar refractivity (Wildman–Crippen MR) is 72.0 cm³/mol. The van der Waals surface area contributed by atoms with Gasteiger partial charge in [-0.15, -0.1) is 0 Å². The molecule has 0 fully saturated rings. The zero-order valence-electron chi connectivity index (χ0n) is 11.4. The topological polar surface area (TPSA) is 24.5 Å². The van der Waals surface area contributed by atoms with Gasteiger partial charge < -0.3 is 15.0 Å². The van der Waals surface area contributed by atoms with Crippen LogP contribution < -0.4 is 5.32 Å². The van der Waals surface area contributed by atoms with Crippen LogP contribution in [0, 0.1) is 0 Å². The van der Waals surface area contributed by atoms with Crippen LogP contribution in [0.2, 0.25) is 0 Å². The van der Waals surface area contributed by atoms with E-state index in [1.165, 1.54) is 11.1 Å². The number of rotatable bonds is 7. The standard InChI is InChI=1S/C14H24N2O/c1-12(11-17-4)15-9-13-7-5-6-8-14(13)10-16(2)3/h5-8,12,15H,9-11H2,1-4H3. The normalized spacial score (nSPS) is 13.0. The van der Waals surface area contributed by atoms with E-state index >= 15 is 0 Å². The number of hydrogen-bond donors (Lipinski definition) is 1. The summed E-state index contributed by atoms with van der Waals surface area (Å²) < 4.78 is 5.12. The molecule has 0 saturated heterocycles. The Hall–Kier alpha value is -0.900. The van der Waals surface area contributed by atoms with Crippen molar-refractivity contribution in [2.24, 2.45) is 0 Å². The summed E-state index contributed by atoms with van der Waals surface area (Å²) >= 11 is 0. The summed E-state index contributed by atoms with van der Waals surface area (Å²) in [4.78, 5) is 2.19. The molecule has 1 N–H and O–H groups in total. The summed E-state index contributed by atoms with van der Waals surface area (Å²) in [5.41, 5.74) is 2.75. The van der Waals surface area contributed by atoms with Crippen molar-refractivity contribution in [2.75, 3.05) is 27.8 Å². The van der Waals surface area contributed by atoms with Gasteiger partial charge in [0, 0.05) is 26.2 Å². The molecule has 0 spiro atoms. The van der Waals surface area contributed by atoms with Crippen LogP contribution in [-0.4, -0.2) is 38.8 Å². The fraction of sp³-hybridized carbons (Fsp3) is 0.571. The molecule has 0 aliphatic heterocycles. The molecule has 0 radical (unpaired) electrons. The van der Waals surface area contributed by atoms with Gasteiger partial charge in [-0.25, -0.2) is 0 Å².